The summed E-state index contributed by atoms with van der Waals surface area (Å²) in [6.07, 6.45) is 9.92. The van der Waals surface area contributed by atoms with Crippen molar-refractivity contribution in [3.63, 3.8) is 0 Å². The first-order chi connectivity index (χ1) is 7.77. The van der Waals surface area contributed by atoms with Crippen molar-refractivity contribution >= 4 is 5.97 Å². The number of hydrogen-bond acceptors (Lipinski definition) is 2. The summed E-state index contributed by atoms with van der Waals surface area (Å²) in [7, 11) is 1.48. The van der Waals surface area contributed by atoms with E-state index in [1.807, 2.05) is 0 Å². The van der Waals surface area contributed by atoms with Crippen molar-refractivity contribution in [2.75, 3.05) is 7.11 Å². The first-order valence-corrected chi connectivity index (χ1v) is 6.24. The molecule has 0 saturated heterocycles. The molecule has 1 saturated carbocycles. The zero-order chi connectivity index (χ0) is 11.5. The predicted octanol–water partition coefficient (Wildman–Crippen LogP) is 3.24. The third-order valence-corrected chi connectivity index (χ3v) is 3.92. The molecule has 2 rings (SSSR count). The lowest BCUT2D eigenvalue weighted by Crippen LogP contribution is -2.13. The predicted molar refractivity (Wildman–Crippen MR) is 63.9 cm³/mol. The van der Waals surface area contributed by atoms with Crippen LogP contribution >= 0.6 is 0 Å². The number of esters is 1. The highest BCUT2D eigenvalue weighted by Gasteiger charge is 2.32. The van der Waals surface area contributed by atoms with E-state index in [1.165, 1.54) is 31.9 Å². The number of fused-ring (bicyclic) bond motifs is 1. The van der Waals surface area contributed by atoms with E-state index in [2.05, 4.69) is 19.1 Å². The molecular weight excluding hydrogens is 200 g/mol. The van der Waals surface area contributed by atoms with Crippen LogP contribution in [0.25, 0.3) is 0 Å². The summed E-state index contributed by atoms with van der Waals surface area (Å²) < 4.78 is 4.89. The molecule has 2 heteroatoms. The van der Waals surface area contributed by atoms with Gasteiger partial charge in [-0.1, -0.05) is 24.6 Å². The summed E-state index contributed by atoms with van der Waals surface area (Å²) in [5.74, 6) is 1.10. The first-order valence-electron chi connectivity index (χ1n) is 6.24. The Labute approximate surface area is 97.4 Å². The Morgan fingerprint density at radius 3 is 3.06 bits per heavy atom. The van der Waals surface area contributed by atoms with Gasteiger partial charge >= 0.3 is 5.97 Å². The van der Waals surface area contributed by atoms with Gasteiger partial charge in [0, 0.05) is 5.57 Å². The van der Waals surface area contributed by atoms with E-state index < -0.39 is 0 Å². The van der Waals surface area contributed by atoms with Gasteiger partial charge in [0.1, 0.15) is 0 Å². The Balaban J connectivity index is 2.35. The quantitative estimate of drug-likeness (QED) is 0.527. The largest absolute Gasteiger partial charge is 0.466 e. The molecule has 0 aromatic rings. The van der Waals surface area contributed by atoms with E-state index in [4.69, 9.17) is 4.74 Å². The maximum atomic E-state index is 11.7. The van der Waals surface area contributed by atoms with Crippen molar-refractivity contribution < 1.29 is 9.53 Å². The molecule has 0 amide bonds. The van der Waals surface area contributed by atoms with Crippen LogP contribution in [0, 0.1) is 11.8 Å². The fourth-order valence-corrected chi connectivity index (χ4v) is 3.10. The molecule has 2 atom stereocenters. The number of rotatable bonds is 2. The molecule has 0 unspecified atom stereocenters. The van der Waals surface area contributed by atoms with Crippen molar-refractivity contribution in [1.82, 2.24) is 0 Å². The number of ether oxygens (including phenoxy) is 1. The number of methoxy groups -OCH3 is 1. The molecule has 0 aliphatic heterocycles. The van der Waals surface area contributed by atoms with E-state index in [0.29, 0.717) is 11.8 Å². The molecule has 2 nitrogen and oxygen atoms in total. The van der Waals surface area contributed by atoms with Crippen LogP contribution in [0.4, 0.5) is 0 Å². The molecule has 88 valence electrons. The van der Waals surface area contributed by atoms with Gasteiger partial charge in [-0.25, -0.2) is 4.79 Å². The molecular formula is C14H20O2. The molecule has 0 radical (unpaired) electrons. The Morgan fingerprint density at radius 2 is 2.38 bits per heavy atom. The van der Waals surface area contributed by atoms with Crippen LogP contribution in [-0.4, -0.2) is 13.1 Å². The van der Waals surface area contributed by atoms with Gasteiger partial charge in [0.2, 0.25) is 0 Å². The lowest BCUT2D eigenvalue weighted by Gasteiger charge is -2.20. The van der Waals surface area contributed by atoms with Crippen molar-refractivity contribution in [2.24, 2.45) is 11.8 Å². The summed E-state index contributed by atoms with van der Waals surface area (Å²) in [6, 6.07) is 0. The van der Waals surface area contributed by atoms with Crippen LogP contribution in [0.1, 0.15) is 39.0 Å². The zero-order valence-electron chi connectivity index (χ0n) is 10.2. The minimum atomic E-state index is -0.122. The Morgan fingerprint density at radius 1 is 1.56 bits per heavy atom. The summed E-state index contributed by atoms with van der Waals surface area (Å²) in [5, 5.41) is 0. The zero-order valence-corrected chi connectivity index (χ0v) is 10.2. The summed E-state index contributed by atoms with van der Waals surface area (Å²) in [5.41, 5.74) is 2.31. The summed E-state index contributed by atoms with van der Waals surface area (Å²) in [6.45, 7) is 2.23. The second kappa shape index (κ2) is 4.86. The molecule has 0 N–H and O–H groups in total. The molecule has 1 fully saturated rings. The van der Waals surface area contributed by atoms with E-state index in [0.717, 1.165) is 18.4 Å². The van der Waals surface area contributed by atoms with Gasteiger partial charge in [0.25, 0.3) is 0 Å². The van der Waals surface area contributed by atoms with Gasteiger partial charge in [0.05, 0.1) is 7.11 Å². The van der Waals surface area contributed by atoms with Crippen molar-refractivity contribution in [3.05, 3.63) is 23.3 Å². The molecule has 0 heterocycles. The van der Waals surface area contributed by atoms with Gasteiger partial charge < -0.3 is 4.74 Å². The van der Waals surface area contributed by atoms with Crippen LogP contribution < -0.4 is 0 Å². The average molecular weight is 220 g/mol. The lowest BCUT2D eigenvalue weighted by atomic mass is 9.85. The third kappa shape index (κ3) is 1.93. The molecule has 2 aliphatic carbocycles. The van der Waals surface area contributed by atoms with Crippen molar-refractivity contribution in [1.29, 1.82) is 0 Å². The normalized spacial score (nSPS) is 28.9. The fourth-order valence-electron chi connectivity index (χ4n) is 3.10. The lowest BCUT2D eigenvalue weighted by molar-refractivity contribution is -0.136. The van der Waals surface area contributed by atoms with Gasteiger partial charge in [-0.2, -0.15) is 0 Å². The highest BCUT2D eigenvalue weighted by molar-refractivity contribution is 5.90. The fraction of sp³-hybridized carbons (Fsp3) is 0.643. The summed E-state index contributed by atoms with van der Waals surface area (Å²) in [4.78, 5) is 11.7. The minimum Gasteiger partial charge on any atom is -0.466 e. The molecule has 16 heavy (non-hydrogen) atoms. The molecule has 2 aliphatic rings. The van der Waals surface area contributed by atoms with E-state index in [-0.39, 0.29) is 5.97 Å². The van der Waals surface area contributed by atoms with E-state index in [1.54, 1.807) is 0 Å². The van der Waals surface area contributed by atoms with Crippen LogP contribution in [0.15, 0.2) is 23.3 Å². The summed E-state index contributed by atoms with van der Waals surface area (Å²) >= 11 is 0. The van der Waals surface area contributed by atoms with Crippen LogP contribution in [0.3, 0.4) is 0 Å². The Hall–Kier alpha value is -1.05. The van der Waals surface area contributed by atoms with Gasteiger partial charge in [-0.15, -0.1) is 0 Å². The SMILES string of the molecule is CC[C@H]1C=CCC(C(=O)OC)=C2CCC[C@@H]21. The van der Waals surface area contributed by atoms with Gasteiger partial charge in [0.15, 0.2) is 0 Å². The van der Waals surface area contributed by atoms with Gasteiger partial charge in [-0.3, -0.25) is 0 Å². The average Bonchev–Trinajstić information content (AvgIpc) is 2.71. The monoisotopic (exact) mass is 220 g/mol. The topological polar surface area (TPSA) is 26.3 Å². The molecule has 0 spiro atoms. The third-order valence-electron chi connectivity index (χ3n) is 3.92. The Kier molecular flexibility index (Phi) is 3.47. The number of carbonyl (C=O) groups is 1. The van der Waals surface area contributed by atoms with Crippen LogP contribution in [0.5, 0.6) is 0 Å². The molecule has 0 aromatic carbocycles. The highest BCUT2D eigenvalue weighted by Crippen LogP contribution is 2.42. The maximum Gasteiger partial charge on any atom is 0.334 e. The number of hydrogen-bond donors (Lipinski definition) is 0. The second-order valence-electron chi connectivity index (χ2n) is 4.70. The van der Waals surface area contributed by atoms with Crippen LogP contribution in [-0.2, 0) is 9.53 Å². The first kappa shape index (κ1) is 11.4. The Bertz CT molecular complexity index is 339. The minimum absolute atomic E-state index is 0.122. The standard InChI is InChI=1S/C14H20O2/c1-3-10-6-4-9-13(14(15)16-2)12-8-5-7-11(10)12/h4,6,10-11H,3,5,7-9H2,1-2H3/t10-,11+/m0/s1. The van der Waals surface area contributed by atoms with Gasteiger partial charge in [-0.05, 0) is 43.9 Å². The second-order valence-corrected chi connectivity index (χ2v) is 4.70. The van der Waals surface area contributed by atoms with Crippen molar-refractivity contribution in [3.8, 4) is 0 Å². The molecule has 0 aromatic heterocycles. The highest BCUT2D eigenvalue weighted by atomic mass is 16.5. The smallest absolute Gasteiger partial charge is 0.334 e. The van der Waals surface area contributed by atoms with Crippen LogP contribution in [0.2, 0.25) is 0 Å². The van der Waals surface area contributed by atoms with E-state index >= 15 is 0 Å². The molecule has 0 bridgehead atoms. The maximum absolute atomic E-state index is 11.7. The van der Waals surface area contributed by atoms with E-state index in [9.17, 15) is 4.79 Å². The number of allylic oxidation sites excluding steroid dienone is 3. The number of carbonyl (C=O) groups excluding carboxylic acids is 1. The van der Waals surface area contributed by atoms with Crippen molar-refractivity contribution in [2.45, 2.75) is 39.0 Å².